The second-order valence-electron chi connectivity index (χ2n) is 6.58. The van der Waals surface area contributed by atoms with Crippen molar-refractivity contribution in [1.29, 1.82) is 0 Å². The summed E-state index contributed by atoms with van der Waals surface area (Å²) in [6, 6.07) is 9.81. The Labute approximate surface area is 168 Å². The van der Waals surface area contributed by atoms with Gasteiger partial charge in [-0.3, -0.25) is 9.10 Å². The van der Waals surface area contributed by atoms with Crippen molar-refractivity contribution in [3.63, 3.8) is 0 Å². The SMILES string of the molecule is CCCCNC(=O)CN(c1cccc(C(F)(F)F)c1)S(=O)(=O)c1ccc(C)cc1. The molecule has 2 aromatic carbocycles. The van der Waals surface area contributed by atoms with Crippen molar-refractivity contribution in [2.24, 2.45) is 0 Å². The highest BCUT2D eigenvalue weighted by Gasteiger charge is 2.33. The summed E-state index contributed by atoms with van der Waals surface area (Å²) in [6.07, 6.45) is -3.10. The number of benzene rings is 2. The quantitative estimate of drug-likeness (QED) is 0.643. The van der Waals surface area contributed by atoms with Crippen LogP contribution in [-0.4, -0.2) is 27.4 Å². The lowest BCUT2D eigenvalue weighted by Gasteiger charge is -2.25. The minimum absolute atomic E-state index is 0.109. The average Bonchev–Trinajstić information content (AvgIpc) is 2.66. The number of carbonyl (C=O) groups is 1. The van der Waals surface area contributed by atoms with Crippen LogP contribution in [-0.2, 0) is 21.0 Å². The van der Waals surface area contributed by atoms with Gasteiger partial charge in [0.25, 0.3) is 10.0 Å². The Morgan fingerprint density at radius 2 is 1.76 bits per heavy atom. The average molecular weight is 428 g/mol. The third-order valence-electron chi connectivity index (χ3n) is 4.21. The lowest BCUT2D eigenvalue weighted by atomic mass is 10.2. The molecule has 1 amide bonds. The van der Waals surface area contributed by atoms with Gasteiger partial charge in [0, 0.05) is 6.54 Å². The molecule has 0 aliphatic heterocycles. The van der Waals surface area contributed by atoms with E-state index < -0.39 is 34.2 Å². The van der Waals surface area contributed by atoms with E-state index in [0.717, 1.165) is 30.2 Å². The number of nitrogens with zero attached hydrogens (tertiary/aromatic N) is 1. The molecule has 0 aliphatic rings. The Morgan fingerprint density at radius 3 is 2.34 bits per heavy atom. The Hall–Kier alpha value is -2.55. The van der Waals surface area contributed by atoms with E-state index in [1.807, 2.05) is 6.92 Å². The van der Waals surface area contributed by atoms with E-state index in [4.69, 9.17) is 0 Å². The van der Waals surface area contributed by atoms with Crippen molar-refractivity contribution in [3.8, 4) is 0 Å². The number of alkyl halides is 3. The second kappa shape index (κ2) is 9.30. The molecule has 0 heterocycles. The number of sulfonamides is 1. The minimum Gasteiger partial charge on any atom is -0.355 e. The summed E-state index contributed by atoms with van der Waals surface area (Å²) in [4.78, 5) is 12.2. The number of anilines is 1. The fourth-order valence-electron chi connectivity index (χ4n) is 2.58. The number of carbonyl (C=O) groups excluding carboxylic acids is 1. The van der Waals surface area contributed by atoms with Crippen molar-refractivity contribution >= 4 is 21.6 Å². The topological polar surface area (TPSA) is 66.5 Å². The van der Waals surface area contributed by atoms with Gasteiger partial charge in [-0.1, -0.05) is 37.1 Å². The van der Waals surface area contributed by atoms with E-state index in [9.17, 15) is 26.4 Å². The van der Waals surface area contributed by atoms with Crippen LogP contribution in [0.5, 0.6) is 0 Å². The first-order valence-electron chi connectivity index (χ1n) is 9.09. The van der Waals surface area contributed by atoms with Gasteiger partial charge in [-0.05, 0) is 43.7 Å². The molecule has 2 aromatic rings. The van der Waals surface area contributed by atoms with E-state index in [2.05, 4.69) is 5.32 Å². The first kappa shape index (κ1) is 22.7. The number of aryl methyl sites for hydroxylation is 1. The van der Waals surface area contributed by atoms with Crippen LogP contribution in [0.15, 0.2) is 53.4 Å². The molecule has 29 heavy (non-hydrogen) atoms. The molecular formula is C20H23F3N2O3S. The molecule has 0 saturated carbocycles. The fourth-order valence-corrected chi connectivity index (χ4v) is 3.99. The first-order valence-corrected chi connectivity index (χ1v) is 10.5. The number of unbranched alkanes of at least 4 members (excludes halogenated alkanes) is 1. The van der Waals surface area contributed by atoms with Crippen LogP contribution in [0.4, 0.5) is 18.9 Å². The Kier molecular flexibility index (Phi) is 7.29. The number of hydrogen-bond donors (Lipinski definition) is 1. The van der Waals surface area contributed by atoms with Crippen LogP contribution in [0.1, 0.15) is 30.9 Å². The third kappa shape index (κ3) is 5.96. The molecular weight excluding hydrogens is 405 g/mol. The molecule has 0 aromatic heterocycles. The Morgan fingerprint density at radius 1 is 1.10 bits per heavy atom. The van der Waals surface area contributed by atoms with E-state index in [1.165, 1.54) is 18.2 Å². The molecule has 0 saturated heterocycles. The zero-order valence-corrected chi connectivity index (χ0v) is 17.0. The maximum Gasteiger partial charge on any atom is 0.416 e. The lowest BCUT2D eigenvalue weighted by Crippen LogP contribution is -2.41. The van der Waals surface area contributed by atoms with Gasteiger partial charge in [-0.15, -0.1) is 0 Å². The molecule has 158 valence electrons. The fraction of sp³-hybridized carbons (Fsp3) is 0.350. The van der Waals surface area contributed by atoms with Crippen LogP contribution < -0.4 is 9.62 Å². The van der Waals surface area contributed by atoms with Crippen molar-refractivity contribution in [3.05, 3.63) is 59.7 Å². The zero-order valence-electron chi connectivity index (χ0n) is 16.2. The molecule has 5 nitrogen and oxygen atoms in total. The Balaban J connectivity index is 2.46. The van der Waals surface area contributed by atoms with Crippen molar-refractivity contribution in [1.82, 2.24) is 5.32 Å². The summed E-state index contributed by atoms with van der Waals surface area (Å²) in [5.41, 5.74) is -0.400. The van der Waals surface area contributed by atoms with Gasteiger partial charge in [-0.25, -0.2) is 8.42 Å². The van der Waals surface area contributed by atoms with Gasteiger partial charge >= 0.3 is 6.18 Å². The molecule has 0 fully saturated rings. The predicted octanol–water partition coefficient (Wildman–Crippen LogP) is 4.13. The molecule has 0 bridgehead atoms. The smallest absolute Gasteiger partial charge is 0.355 e. The van der Waals surface area contributed by atoms with Crippen LogP contribution in [0.3, 0.4) is 0 Å². The van der Waals surface area contributed by atoms with Crippen LogP contribution in [0, 0.1) is 6.92 Å². The Bertz CT molecular complexity index is 942. The number of nitrogens with one attached hydrogen (secondary N) is 1. The van der Waals surface area contributed by atoms with E-state index in [1.54, 1.807) is 19.1 Å². The van der Waals surface area contributed by atoms with Crippen molar-refractivity contribution in [2.75, 3.05) is 17.4 Å². The standard InChI is InChI=1S/C20H23F3N2O3S/c1-3-4-12-24-19(26)14-25(17-7-5-6-16(13-17)20(21,22)23)29(27,28)18-10-8-15(2)9-11-18/h5-11,13H,3-4,12,14H2,1-2H3,(H,24,26). The zero-order chi connectivity index (χ0) is 21.7. The molecule has 0 aliphatic carbocycles. The van der Waals surface area contributed by atoms with Crippen LogP contribution in [0.2, 0.25) is 0 Å². The summed E-state index contributed by atoms with van der Waals surface area (Å²) in [5, 5.41) is 2.59. The summed E-state index contributed by atoms with van der Waals surface area (Å²) < 4.78 is 66.3. The van der Waals surface area contributed by atoms with Crippen molar-refractivity contribution < 1.29 is 26.4 Å². The summed E-state index contributed by atoms with van der Waals surface area (Å²) >= 11 is 0. The molecule has 0 atom stereocenters. The van der Waals surface area contributed by atoms with Gasteiger partial charge in [0.2, 0.25) is 5.91 Å². The largest absolute Gasteiger partial charge is 0.416 e. The first-order chi connectivity index (χ1) is 13.6. The number of rotatable bonds is 8. The van der Waals surface area contributed by atoms with E-state index in [-0.39, 0.29) is 10.6 Å². The summed E-state index contributed by atoms with van der Waals surface area (Å²) in [7, 11) is -4.25. The minimum atomic E-state index is -4.64. The predicted molar refractivity (Wildman–Crippen MR) is 105 cm³/mol. The highest BCUT2D eigenvalue weighted by Crippen LogP contribution is 2.33. The highest BCUT2D eigenvalue weighted by atomic mass is 32.2. The third-order valence-corrected chi connectivity index (χ3v) is 6.00. The van der Waals surface area contributed by atoms with Gasteiger partial charge < -0.3 is 5.32 Å². The van der Waals surface area contributed by atoms with Crippen molar-refractivity contribution in [2.45, 2.75) is 37.8 Å². The summed E-state index contributed by atoms with van der Waals surface area (Å²) in [6.45, 7) is 3.45. The number of halogens is 3. The molecule has 0 spiro atoms. The van der Waals surface area contributed by atoms with E-state index in [0.29, 0.717) is 17.3 Å². The van der Waals surface area contributed by atoms with Gasteiger partial charge in [0.15, 0.2) is 0 Å². The monoisotopic (exact) mass is 428 g/mol. The number of hydrogen-bond acceptors (Lipinski definition) is 3. The van der Waals surface area contributed by atoms with Gasteiger partial charge in [-0.2, -0.15) is 13.2 Å². The molecule has 0 unspecified atom stereocenters. The molecule has 2 rings (SSSR count). The normalized spacial score (nSPS) is 11.9. The van der Waals surface area contributed by atoms with Crippen LogP contribution >= 0.6 is 0 Å². The van der Waals surface area contributed by atoms with Crippen LogP contribution in [0.25, 0.3) is 0 Å². The second-order valence-corrected chi connectivity index (χ2v) is 8.44. The maximum atomic E-state index is 13.1. The van der Waals surface area contributed by atoms with Gasteiger partial charge in [0.05, 0.1) is 16.1 Å². The molecule has 0 radical (unpaired) electrons. The van der Waals surface area contributed by atoms with Gasteiger partial charge in [0.1, 0.15) is 6.54 Å². The lowest BCUT2D eigenvalue weighted by molar-refractivity contribution is -0.137. The maximum absolute atomic E-state index is 13.1. The molecule has 1 N–H and O–H groups in total. The van der Waals surface area contributed by atoms with E-state index >= 15 is 0 Å². The highest BCUT2D eigenvalue weighted by molar-refractivity contribution is 7.92. The summed E-state index contributed by atoms with van der Waals surface area (Å²) in [5.74, 6) is -0.591. The molecule has 9 heteroatoms. The number of amides is 1.